The van der Waals surface area contributed by atoms with Crippen LogP contribution in [0.1, 0.15) is 59.4 Å². The molecule has 1 amide bonds. The van der Waals surface area contributed by atoms with Crippen LogP contribution in [0, 0.1) is 0 Å². The second kappa shape index (κ2) is 9.38. The second-order valence-corrected chi connectivity index (χ2v) is 10.2. The van der Waals surface area contributed by atoms with Crippen LogP contribution in [0.15, 0.2) is 42.1 Å². The van der Waals surface area contributed by atoms with E-state index in [1.807, 2.05) is 10.6 Å². The quantitative estimate of drug-likeness (QED) is 0.464. The molecule has 1 aliphatic heterocycles. The van der Waals surface area contributed by atoms with E-state index < -0.39 is 0 Å². The maximum Gasteiger partial charge on any atom is 0.233 e. The summed E-state index contributed by atoms with van der Waals surface area (Å²) in [5.74, 6) is 1.38. The largest absolute Gasteiger partial charge is 0.337 e. The summed E-state index contributed by atoms with van der Waals surface area (Å²) in [5, 5.41) is 9.59. The SMILES string of the molecule is C=CCn1c(SCC(=O)N2[C@H](C)CCC[C@@H]2C)nnc1-c1ccc(C(C)(C)C)cc1. The number of carbonyl (C=O) groups is 1. The summed E-state index contributed by atoms with van der Waals surface area (Å²) in [4.78, 5) is 14.9. The van der Waals surface area contributed by atoms with Crippen molar-refractivity contribution in [1.29, 1.82) is 0 Å². The van der Waals surface area contributed by atoms with Crippen molar-refractivity contribution in [2.75, 3.05) is 5.75 Å². The van der Waals surface area contributed by atoms with Crippen LogP contribution in [0.5, 0.6) is 0 Å². The van der Waals surface area contributed by atoms with Gasteiger partial charge in [-0.15, -0.1) is 16.8 Å². The molecule has 6 heteroatoms. The molecule has 1 fully saturated rings. The van der Waals surface area contributed by atoms with Crippen LogP contribution in [-0.2, 0) is 16.8 Å². The standard InChI is InChI=1S/C24H34N4OS/c1-7-15-27-22(19-11-13-20(14-12-19)24(4,5)6)25-26-23(27)30-16-21(29)28-17(2)9-8-10-18(28)3/h7,11-14,17-18H,1,8-10,15-16H2,2-6H3/t17-,18+. The van der Waals surface area contributed by atoms with E-state index in [1.165, 1.54) is 23.7 Å². The number of allylic oxidation sites excluding steroid dienone is 1. The number of carbonyl (C=O) groups excluding carboxylic acids is 1. The smallest absolute Gasteiger partial charge is 0.233 e. The van der Waals surface area contributed by atoms with Gasteiger partial charge < -0.3 is 4.90 Å². The maximum atomic E-state index is 12.9. The molecule has 162 valence electrons. The Labute approximate surface area is 185 Å². The number of rotatable bonds is 6. The van der Waals surface area contributed by atoms with Crippen molar-refractivity contribution in [3.05, 3.63) is 42.5 Å². The first-order chi connectivity index (χ1) is 14.2. The van der Waals surface area contributed by atoms with Gasteiger partial charge in [0.05, 0.1) is 5.75 Å². The number of nitrogens with zero attached hydrogens (tertiary/aromatic N) is 4. The van der Waals surface area contributed by atoms with Gasteiger partial charge >= 0.3 is 0 Å². The highest BCUT2D eigenvalue weighted by Crippen LogP contribution is 2.29. The van der Waals surface area contributed by atoms with Crippen molar-refractivity contribution in [2.24, 2.45) is 0 Å². The van der Waals surface area contributed by atoms with Crippen LogP contribution >= 0.6 is 11.8 Å². The molecule has 1 aromatic carbocycles. The van der Waals surface area contributed by atoms with Gasteiger partial charge in [-0.2, -0.15) is 0 Å². The van der Waals surface area contributed by atoms with Crippen LogP contribution < -0.4 is 0 Å². The van der Waals surface area contributed by atoms with Crippen molar-refractivity contribution in [3.63, 3.8) is 0 Å². The first-order valence-corrected chi connectivity index (χ1v) is 11.8. The van der Waals surface area contributed by atoms with Gasteiger partial charge in [0, 0.05) is 24.2 Å². The monoisotopic (exact) mass is 426 g/mol. The van der Waals surface area contributed by atoms with E-state index in [1.54, 1.807) is 0 Å². The molecule has 0 N–H and O–H groups in total. The number of hydrogen-bond acceptors (Lipinski definition) is 4. The molecule has 0 saturated carbocycles. The average molecular weight is 427 g/mol. The molecule has 1 saturated heterocycles. The lowest BCUT2D eigenvalue weighted by atomic mass is 9.87. The van der Waals surface area contributed by atoms with E-state index in [2.05, 4.69) is 80.6 Å². The second-order valence-electron chi connectivity index (χ2n) is 9.25. The fraction of sp³-hybridized carbons (Fsp3) is 0.542. The summed E-state index contributed by atoms with van der Waals surface area (Å²) in [6, 6.07) is 9.12. The highest BCUT2D eigenvalue weighted by Gasteiger charge is 2.29. The van der Waals surface area contributed by atoms with E-state index >= 15 is 0 Å². The Bertz CT molecular complexity index is 872. The van der Waals surface area contributed by atoms with Crippen LogP contribution in [0.3, 0.4) is 0 Å². The predicted molar refractivity (Wildman–Crippen MR) is 125 cm³/mol. The van der Waals surface area contributed by atoms with E-state index in [0.717, 1.165) is 29.4 Å². The predicted octanol–water partition coefficient (Wildman–Crippen LogP) is 5.31. The molecule has 2 heterocycles. The molecule has 2 atom stereocenters. The zero-order chi connectivity index (χ0) is 21.9. The molecule has 5 nitrogen and oxygen atoms in total. The Morgan fingerprint density at radius 1 is 1.17 bits per heavy atom. The molecule has 30 heavy (non-hydrogen) atoms. The van der Waals surface area contributed by atoms with Gasteiger partial charge in [-0.25, -0.2) is 0 Å². The van der Waals surface area contributed by atoms with Crippen LogP contribution in [-0.4, -0.2) is 43.4 Å². The van der Waals surface area contributed by atoms with E-state index in [-0.39, 0.29) is 11.3 Å². The lowest BCUT2D eigenvalue weighted by Gasteiger charge is -2.39. The maximum absolute atomic E-state index is 12.9. The normalized spacial score (nSPS) is 19.7. The number of benzene rings is 1. The van der Waals surface area contributed by atoms with Crippen LogP contribution in [0.4, 0.5) is 0 Å². The van der Waals surface area contributed by atoms with Gasteiger partial charge in [-0.3, -0.25) is 9.36 Å². The fourth-order valence-electron chi connectivity index (χ4n) is 4.14. The molecule has 0 radical (unpaired) electrons. The zero-order valence-electron chi connectivity index (χ0n) is 18.9. The van der Waals surface area contributed by atoms with E-state index in [9.17, 15) is 4.79 Å². The van der Waals surface area contributed by atoms with Crippen molar-refractivity contribution < 1.29 is 4.79 Å². The lowest BCUT2D eigenvalue weighted by Crippen LogP contribution is -2.48. The summed E-state index contributed by atoms with van der Waals surface area (Å²) >= 11 is 1.47. The number of thioether (sulfide) groups is 1. The van der Waals surface area contributed by atoms with E-state index in [0.29, 0.717) is 24.4 Å². The third-order valence-corrected chi connectivity index (χ3v) is 6.80. The van der Waals surface area contributed by atoms with E-state index in [4.69, 9.17) is 0 Å². The van der Waals surface area contributed by atoms with Gasteiger partial charge in [0.1, 0.15) is 0 Å². The molecule has 0 unspecified atom stereocenters. The molecule has 0 spiro atoms. The molecule has 2 aromatic rings. The Morgan fingerprint density at radius 3 is 2.37 bits per heavy atom. The Kier molecular flexibility index (Phi) is 7.06. The number of likely N-dealkylation sites (tertiary alicyclic amines) is 1. The molecular formula is C24H34N4OS. The van der Waals surface area contributed by atoms with Gasteiger partial charge in [0.2, 0.25) is 5.91 Å². The molecule has 0 aliphatic carbocycles. The highest BCUT2D eigenvalue weighted by molar-refractivity contribution is 7.99. The summed E-state index contributed by atoms with van der Waals surface area (Å²) in [5.41, 5.74) is 2.41. The average Bonchev–Trinajstić information content (AvgIpc) is 3.08. The van der Waals surface area contributed by atoms with Crippen molar-refractivity contribution in [1.82, 2.24) is 19.7 Å². The van der Waals surface area contributed by atoms with Crippen molar-refractivity contribution >= 4 is 17.7 Å². The number of piperidine rings is 1. The third-order valence-electron chi connectivity index (χ3n) is 5.84. The van der Waals surface area contributed by atoms with Crippen LogP contribution in [0.25, 0.3) is 11.4 Å². The van der Waals surface area contributed by atoms with Crippen molar-refractivity contribution in [2.45, 2.75) is 83.1 Å². The number of hydrogen-bond donors (Lipinski definition) is 0. The Hall–Kier alpha value is -2.08. The number of amides is 1. The van der Waals surface area contributed by atoms with Gasteiger partial charge in [0.25, 0.3) is 0 Å². The van der Waals surface area contributed by atoms with Gasteiger partial charge in [0.15, 0.2) is 11.0 Å². The highest BCUT2D eigenvalue weighted by atomic mass is 32.2. The lowest BCUT2D eigenvalue weighted by molar-refractivity contribution is -0.134. The zero-order valence-corrected chi connectivity index (χ0v) is 19.7. The Morgan fingerprint density at radius 2 is 1.80 bits per heavy atom. The summed E-state index contributed by atoms with van der Waals surface area (Å²) in [6.45, 7) is 15.4. The van der Waals surface area contributed by atoms with Crippen LogP contribution in [0.2, 0.25) is 0 Å². The minimum Gasteiger partial charge on any atom is -0.337 e. The topological polar surface area (TPSA) is 51.0 Å². The van der Waals surface area contributed by atoms with Gasteiger partial charge in [-0.05, 0) is 44.1 Å². The summed E-state index contributed by atoms with van der Waals surface area (Å²) in [6.07, 6.45) is 5.21. The number of aromatic nitrogens is 3. The van der Waals surface area contributed by atoms with Crippen molar-refractivity contribution in [3.8, 4) is 11.4 Å². The molecule has 1 aliphatic rings. The third kappa shape index (κ3) is 4.97. The molecule has 0 bridgehead atoms. The fourth-order valence-corrected chi connectivity index (χ4v) is 4.95. The summed E-state index contributed by atoms with van der Waals surface area (Å²) < 4.78 is 2.04. The van der Waals surface area contributed by atoms with Gasteiger partial charge in [-0.1, -0.05) is 62.9 Å². The first-order valence-electron chi connectivity index (χ1n) is 10.8. The Balaban J connectivity index is 1.77. The minimum atomic E-state index is 0.109. The molecule has 3 rings (SSSR count). The minimum absolute atomic E-state index is 0.109. The summed E-state index contributed by atoms with van der Waals surface area (Å²) in [7, 11) is 0. The molecule has 1 aromatic heterocycles. The first kappa shape index (κ1) is 22.6. The molecular weight excluding hydrogens is 392 g/mol.